The predicted molar refractivity (Wildman–Crippen MR) is 38.1 cm³/mol. The van der Waals surface area contributed by atoms with E-state index in [-0.39, 0.29) is 0 Å². The van der Waals surface area contributed by atoms with Crippen molar-refractivity contribution in [3.63, 3.8) is 0 Å². The van der Waals surface area contributed by atoms with Crippen molar-refractivity contribution >= 4 is 0 Å². The number of aliphatic hydroxyl groups is 1. The first kappa shape index (κ1) is 6.81. The lowest BCUT2D eigenvalue weighted by Crippen LogP contribution is -2.09. The summed E-state index contributed by atoms with van der Waals surface area (Å²) in [6.45, 7) is 2.54. The molecule has 1 rings (SSSR count). The Morgan fingerprint density at radius 2 is 2.22 bits per heavy atom. The summed E-state index contributed by atoms with van der Waals surface area (Å²) < 4.78 is 0. The maximum atomic E-state index is 8.73. The summed E-state index contributed by atoms with van der Waals surface area (Å²) in [7, 11) is 0. The van der Waals surface area contributed by atoms with Crippen LogP contribution in [0.4, 0.5) is 0 Å². The number of rotatable bonds is 1. The van der Waals surface area contributed by atoms with Gasteiger partial charge in [0.05, 0.1) is 0 Å². The largest absolute Gasteiger partial charge is 0.396 e. The van der Waals surface area contributed by atoms with E-state index >= 15 is 0 Å². The molecule has 0 bridgehead atoms. The second-order valence-corrected chi connectivity index (χ2v) is 2.88. The van der Waals surface area contributed by atoms with Gasteiger partial charge in [0.2, 0.25) is 0 Å². The van der Waals surface area contributed by atoms with Crippen LogP contribution in [0.25, 0.3) is 0 Å². The van der Waals surface area contributed by atoms with Crippen LogP contribution in [0.2, 0.25) is 0 Å². The molecule has 0 aromatic heterocycles. The summed E-state index contributed by atoms with van der Waals surface area (Å²) in [6.07, 6.45) is 6.73. The molecule has 1 N–H and O–H groups in total. The van der Waals surface area contributed by atoms with E-state index < -0.39 is 0 Å². The molecule has 0 aromatic carbocycles. The van der Waals surface area contributed by atoms with Crippen LogP contribution < -0.4 is 0 Å². The Hall–Kier alpha value is -0.300. The molecule has 9 heavy (non-hydrogen) atoms. The highest BCUT2D eigenvalue weighted by molar-refractivity contribution is 4.96. The normalized spacial score (nSPS) is 34.9. The third-order valence-corrected chi connectivity index (χ3v) is 1.94. The van der Waals surface area contributed by atoms with Crippen LogP contribution >= 0.6 is 0 Å². The van der Waals surface area contributed by atoms with Gasteiger partial charge in [0, 0.05) is 6.61 Å². The van der Waals surface area contributed by atoms with Gasteiger partial charge < -0.3 is 5.11 Å². The number of hydrogen-bond acceptors (Lipinski definition) is 1. The van der Waals surface area contributed by atoms with Crippen molar-refractivity contribution in [3.05, 3.63) is 12.2 Å². The monoisotopic (exact) mass is 126 g/mol. The van der Waals surface area contributed by atoms with E-state index in [0.717, 1.165) is 12.3 Å². The highest BCUT2D eigenvalue weighted by Crippen LogP contribution is 2.20. The maximum Gasteiger partial charge on any atom is 0.0493 e. The molecule has 0 amide bonds. The second-order valence-electron chi connectivity index (χ2n) is 2.88. The Bertz CT molecular complexity index is 107. The molecule has 2 atom stereocenters. The van der Waals surface area contributed by atoms with E-state index in [1.54, 1.807) is 0 Å². The molecule has 0 spiro atoms. The van der Waals surface area contributed by atoms with Gasteiger partial charge in [-0.05, 0) is 24.7 Å². The molecule has 0 saturated carbocycles. The van der Waals surface area contributed by atoms with Crippen LogP contribution in [-0.2, 0) is 0 Å². The van der Waals surface area contributed by atoms with Crippen LogP contribution in [0.5, 0.6) is 0 Å². The minimum atomic E-state index is 0.323. The summed E-state index contributed by atoms with van der Waals surface area (Å²) in [5.74, 6) is 1.17. The molecule has 0 unspecified atom stereocenters. The summed E-state index contributed by atoms with van der Waals surface area (Å²) >= 11 is 0. The van der Waals surface area contributed by atoms with Gasteiger partial charge in [-0.3, -0.25) is 0 Å². The minimum absolute atomic E-state index is 0.323. The lowest BCUT2D eigenvalue weighted by molar-refractivity contribution is 0.236. The van der Waals surface area contributed by atoms with Gasteiger partial charge in [-0.15, -0.1) is 0 Å². The van der Waals surface area contributed by atoms with Crippen molar-refractivity contribution < 1.29 is 5.11 Å². The van der Waals surface area contributed by atoms with E-state index in [9.17, 15) is 0 Å². The van der Waals surface area contributed by atoms with E-state index in [4.69, 9.17) is 5.11 Å². The van der Waals surface area contributed by atoms with Gasteiger partial charge >= 0.3 is 0 Å². The molecule has 1 heteroatoms. The van der Waals surface area contributed by atoms with Crippen LogP contribution in [0.1, 0.15) is 19.8 Å². The van der Waals surface area contributed by atoms with E-state index in [1.807, 2.05) is 0 Å². The average molecular weight is 126 g/mol. The van der Waals surface area contributed by atoms with E-state index in [1.165, 1.54) is 6.42 Å². The lowest BCUT2D eigenvalue weighted by atomic mass is 9.90. The Kier molecular flexibility index (Phi) is 2.29. The van der Waals surface area contributed by atoms with E-state index in [2.05, 4.69) is 19.1 Å². The fraction of sp³-hybridized carbons (Fsp3) is 0.750. The molecule has 0 aromatic rings. The van der Waals surface area contributed by atoms with Gasteiger partial charge in [0.25, 0.3) is 0 Å². The molecule has 0 aliphatic heterocycles. The first-order chi connectivity index (χ1) is 4.33. The van der Waals surface area contributed by atoms with Crippen molar-refractivity contribution in [2.24, 2.45) is 11.8 Å². The predicted octanol–water partition coefficient (Wildman–Crippen LogP) is 1.58. The zero-order valence-corrected chi connectivity index (χ0v) is 5.88. The SMILES string of the molecule is C[C@@H]1C=C[C@@H](CO)CC1. The maximum absolute atomic E-state index is 8.73. The van der Waals surface area contributed by atoms with Gasteiger partial charge in [-0.2, -0.15) is 0 Å². The molecular formula is C8H14O. The van der Waals surface area contributed by atoms with Crippen LogP contribution in [0, 0.1) is 11.8 Å². The Labute approximate surface area is 56.4 Å². The van der Waals surface area contributed by atoms with Gasteiger partial charge in [0.1, 0.15) is 0 Å². The smallest absolute Gasteiger partial charge is 0.0493 e. The number of aliphatic hydroxyl groups excluding tert-OH is 1. The zero-order chi connectivity index (χ0) is 6.69. The van der Waals surface area contributed by atoms with Crippen LogP contribution in [0.15, 0.2) is 12.2 Å². The molecule has 52 valence electrons. The summed E-state index contributed by atoms with van der Waals surface area (Å²) in [4.78, 5) is 0. The fourth-order valence-corrected chi connectivity index (χ4v) is 1.17. The summed E-state index contributed by atoms with van der Waals surface area (Å²) in [5, 5.41) is 8.73. The molecule has 1 aliphatic rings. The molecule has 0 heterocycles. The summed E-state index contributed by atoms with van der Waals surface area (Å²) in [5.41, 5.74) is 0. The average Bonchev–Trinajstić information content (AvgIpc) is 1.90. The fourth-order valence-electron chi connectivity index (χ4n) is 1.17. The Morgan fingerprint density at radius 3 is 2.67 bits per heavy atom. The molecule has 1 nitrogen and oxygen atoms in total. The topological polar surface area (TPSA) is 20.2 Å². The number of hydrogen-bond donors (Lipinski definition) is 1. The zero-order valence-electron chi connectivity index (χ0n) is 5.88. The van der Waals surface area contributed by atoms with Crippen molar-refractivity contribution in [2.45, 2.75) is 19.8 Å². The van der Waals surface area contributed by atoms with Crippen LogP contribution in [-0.4, -0.2) is 11.7 Å². The quantitative estimate of drug-likeness (QED) is 0.529. The van der Waals surface area contributed by atoms with Crippen LogP contribution in [0.3, 0.4) is 0 Å². The third kappa shape index (κ3) is 1.83. The van der Waals surface area contributed by atoms with E-state index in [0.29, 0.717) is 12.5 Å². The van der Waals surface area contributed by atoms with Gasteiger partial charge in [-0.1, -0.05) is 19.1 Å². The van der Waals surface area contributed by atoms with Crippen molar-refractivity contribution in [2.75, 3.05) is 6.61 Å². The first-order valence-corrected chi connectivity index (χ1v) is 3.62. The highest BCUT2D eigenvalue weighted by Gasteiger charge is 2.10. The minimum Gasteiger partial charge on any atom is -0.396 e. The van der Waals surface area contributed by atoms with Crippen molar-refractivity contribution in [3.8, 4) is 0 Å². The Balaban J connectivity index is 2.38. The van der Waals surface area contributed by atoms with Gasteiger partial charge in [0.15, 0.2) is 0 Å². The Morgan fingerprint density at radius 1 is 1.44 bits per heavy atom. The molecule has 0 radical (unpaired) electrons. The molecule has 0 fully saturated rings. The summed E-state index contributed by atoms with van der Waals surface area (Å²) in [6, 6.07) is 0. The van der Waals surface area contributed by atoms with Crippen molar-refractivity contribution in [1.29, 1.82) is 0 Å². The van der Waals surface area contributed by atoms with Gasteiger partial charge in [-0.25, -0.2) is 0 Å². The number of allylic oxidation sites excluding steroid dienone is 1. The van der Waals surface area contributed by atoms with Crippen molar-refractivity contribution in [1.82, 2.24) is 0 Å². The second kappa shape index (κ2) is 3.02. The molecule has 0 saturated heterocycles. The molecular weight excluding hydrogens is 112 g/mol. The third-order valence-electron chi connectivity index (χ3n) is 1.94. The highest BCUT2D eigenvalue weighted by atomic mass is 16.3. The lowest BCUT2D eigenvalue weighted by Gasteiger charge is -2.17. The standard InChI is InChI=1S/C8H14O/c1-7-2-4-8(6-9)5-3-7/h2,4,7-9H,3,5-6H2,1H3/t7-,8-/m1/s1. The molecule has 1 aliphatic carbocycles. The first-order valence-electron chi connectivity index (χ1n) is 3.62.